The summed E-state index contributed by atoms with van der Waals surface area (Å²) in [5, 5.41) is 9.60. The van der Waals surface area contributed by atoms with Crippen LogP contribution in [-0.2, 0) is 16.0 Å². The maximum Gasteiger partial charge on any atom is 0.311 e. The summed E-state index contributed by atoms with van der Waals surface area (Å²) in [6, 6.07) is 6.41. The molecule has 0 fully saturated rings. The third kappa shape index (κ3) is 5.08. The zero-order chi connectivity index (χ0) is 19.3. The smallest absolute Gasteiger partial charge is 0.311 e. The van der Waals surface area contributed by atoms with Gasteiger partial charge in [0.05, 0.1) is 12.8 Å². The van der Waals surface area contributed by atoms with Crippen LogP contribution in [0.5, 0.6) is 5.75 Å². The number of ether oxygens (including phenoxy) is 1. The van der Waals surface area contributed by atoms with E-state index < -0.39 is 11.9 Å². The largest absolute Gasteiger partial charge is 0.481 e. The molecular formula is C20H28N2O4. The van der Waals surface area contributed by atoms with Crippen molar-refractivity contribution in [1.82, 2.24) is 9.88 Å². The fourth-order valence-electron chi connectivity index (χ4n) is 3.25. The van der Waals surface area contributed by atoms with Gasteiger partial charge in [-0.2, -0.15) is 0 Å². The monoisotopic (exact) mass is 360 g/mol. The lowest BCUT2D eigenvalue weighted by Gasteiger charge is -2.30. The molecule has 0 saturated heterocycles. The Labute approximate surface area is 154 Å². The molecule has 1 aromatic carbocycles. The van der Waals surface area contributed by atoms with Crippen LogP contribution in [0, 0.1) is 0 Å². The summed E-state index contributed by atoms with van der Waals surface area (Å²) >= 11 is 0. The summed E-state index contributed by atoms with van der Waals surface area (Å²) in [6.07, 6.45) is 2.42. The number of carbonyl (C=O) groups is 2. The van der Waals surface area contributed by atoms with Gasteiger partial charge in [-0.25, -0.2) is 0 Å². The standard InChI is InChI=1S/C20H28N2O4/c1-13(2)22(14(3)4)11-10-15-12-21-16-6-5-7-17(20(15)16)26-19(25)9-8-18(23)24/h5-7,12-14,21H,8-11H2,1-4H3,(H,23,24). The Bertz CT molecular complexity index is 756. The molecular weight excluding hydrogens is 332 g/mol. The number of aromatic nitrogens is 1. The minimum absolute atomic E-state index is 0.139. The number of carbonyl (C=O) groups excluding carboxylic acids is 1. The zero-order valence-electron chi connectivity index (χ0n) is 15.9. The maximum atomic E-state index is 11.9. The van der Waals surface area contributed by atoms with Gasteiger partial charge in [0.2, 0.25) is 0 Å². The Balaban J connectivity index is 2.18. The first kappa shape index (κ1) is 20.0. The van der Waals surface area contributed by atoms with Crippen molar-refractivity contribution in [2.45, 2.75) is 59.0 Å². The first-order valence-corrected chi connectivity index (χ1v) is 9.06. The van der Waals surface area contributed by atoms with E-state index in [4.69, 9.17) is 9.84 Å². The predicted molar refractivity (Wildman–Crippen MR) is 101 cm³/mol. The molecule has 2 N–H and O–H groups in total. The summed E-state index contributed by atoms with van der Waals surface area (Å²) in [4.78, 5) is 28.2. The highest BCUT2D eigenvalue weighted by Crippen LogP contribution is 2.30. The number of benzene rings is 1. The topological polar surface area (TPSA) is 82.6 Å². The van der Waals surface area contributed by atoms with Gasteiger partial charge in [-0.15, -0.1) is 0 Å². The van der Waals surface area contributed by atoms with E-state index >= 15 is 0 Å². The highest BCUT2D eigenvalue weighted by molar-refractivity contribution is 5.91. The predicted octanol–water partition coefficient (Wildman–Crippen LogP) is 3.60. The van der Waals surface area contributed by atoms with Gasteiger partial charge in [-0.1, -0.05) is 6.07 Å². The van der Waals surface area contributed by atoms with Gasteiger partial charge in [0.1, 0.15) is 5.75 Å². The van der Waals surface area contributed by atoms with E-state index in [0.717, 1.165) is 29.4 Å². The lowest BCUT2D eigenvalue weighted by atomic mass is 10.1. The number of aromatic amines is 1. The quantitative estimate of drug-likeness (QED) is 0.527. The van der Waals surface area contributed by atoms with Gasteiger partial charge in [-0.3, -0.25) is 14.5 Å². The number of aliphatic carboxylic acids is 1. The summed E-state index contributed by atoms with van der Waals surface area (Å²) in [5.74, 6) is -1.06. The highest BCUT2D eigenvalue weighted by atomic mass is 16.5. The fourth-order valence-corrected chi connectivity index (χ4v) is 3.25. The van der Waals surface area contributed by atoms with Crippen molar-refractivity contribution < 1.29 is 19.4 Å². The molecule has 1 aromatic heterocycles. The number of carboxylic acids is 1. The summed E-state index contributed by atoms with van der Waals surface area (Å²) in [5.41, 5.74) is 2.00. The van der Waals surface area contributed by atoms with Crippen LogP contribution in [0.2, 0.25) is 0 Å². The Morgan fingerprint density at radius 1 is 1.15 bits per heavy atom. The lowest BCUT2D eigenvalue weighted by molar-refractivity contribution is -0.142. The number of nitrogens with one attached hydrogen (secondary N) is 1. The van der Waals surface area contributed by atoms with Crippen molar-refractivity contribution >= 4 is 22.8 Å². The van der Waals surface area contributed by atoms with Crippen LogP contribution in [-0.4, -0.2) is 45.6 Å². The minimum atomic E-state index is -1.01. The number of nitrogens with zero attached hydrogens (tertiary/aromatic N) is 1. The number of esters is 1. The van der Waals surface area contributed by atoms with Gasteiger partial charge in [0, 0.05) is 35.7 Å². The Hall–Kier alpha value is -2.34. The van der Waals surface area contributed by atoms with Gasteiger partial charge in [0.15, 0.2) is 0 Å². The van der Waals surface area contributed by atoms with Crippen molar-refractivity contribution in [2.75, 3.05) is 6.54 Å². The van der Waals surface area contributed by atoms with E-state index in [9.17, 15) is 9.59 Å². The van der Waals surface area contributed by atoms with Crippen LogP contribution in [0.3, 0.4) is 0 Å². The van der Waals surface area contributed by atoms with Crippen LogP contribution in [0.15, 0.2) is 24.4 Å². The Morgan fingerprint density at radius 3 is 2.46 bits per heavy atom. The number of rotatable bonds is 9. The molecule has 6 heteroatoms. The molecule has 142 valence electrons. The number of carboxylic acid groups (broad SMARTS) is 1. The molecule has 0 aliphatic rings. The number of hydrogen-bond donors (Lipinski definition) is 2. The average Bonchev–Trinajstić information content (AvgIpc) is 2.97. The number of H-pyrrole nitrogens is 1. The van der Waals surface area contributed by atoms with E-state index in [-0.39, 0.29) is 12.8 Å². The third-order valence-corrected chi connectivity index (χ3v) is 4.48. The second kappa shape index (κ2) is 8.85. The first-order chi connectivity index (χ1) is 12.3. The second-order valence-corrected chi connectivity index (χ2v) is 7.04. The first-order valence-electron chi connectivity index (χ1n) is 9.06. The summed E-state index contributed by atoms with van der Waals surface area (Å²) in [6.45, 7) is 9.65. The molecule has 0 atom stereocenters. The molecule has 0 radical (unpaired) electrons. The number of hydrogen-bond acceptors (Lipinski definition) is 4. The summed E-state index contributed by atoms with van der Waals surface area (Å²) in [7, 11) is 0. The molecule has 0 saturated carbocycles. The Kier molecular flexibility index (Phi) is 6.80. The van der Waals surface area contributed by atoms with Crippen molar-refractivity contribution in [3.8, 4) is 5.75 Å². The third-order valence-electron chi connectivity index (χ3n) is 4.48. The van der Waals surface area contributed by atoms with E-state index in [2.05, 4.69) is 37.6 Å². The summed E-state index contributed by atoms with van der Waals surface area (Å²) < 4.78 is 5.44. The van der Waals surface area contributed by atoms with E-state index in [1.165, 1.54) is 0 Å². The van der Waals surface area contributed by atoms with Gasteiger partial charge in [-0.05, 0) is 51.8 Å². The van der Waals surface area contributed by atoms with E-state index in [0.29, 0.717) is 17.8 Å². The minimum Gasteiger partial charge on any atom is -0.481 e. The SMILES string of the molecule is CC(C)N(CCc1c[nH]c2cccc(OC(=O)CCC(=O)O)c12)C(C)C. The van der Waals surface area contributed by atoms with Crippen LogP contribution >= 0.6 is 0 Å². The molecule has 0 unspecified atom stereocenters. The molecule has 2 aromatic rings. The molecule has 0 spiro atoms. The fraction of sp³-hybridized carbons (Fsp3) is 0.500. The molecule has 0 aliphatic carbocycles. The Morgan fingerprint density at radius 2 is 1.85 bits per heavy atom. The molecule has 1 heterocycles. The van der Waals surface area contributed by atoms with Crippen molar-refractivity contribution in [1.29, 1.82) is 0 Å². The normalized spacial score (nSPS) is 11.7. The lowest BCUT2D eigenvalue weighted by Crippen LogP contribution is -2.38. The average molecular weight is 360 g/mol. The van der Waals surface area contributed by atoms with E-state index in [1.807, 2.05) is 18.3 Å². The van der Waals surface area contributed by atoms with Gasteiger partial charge in [0.25, 0.3) is 0 Å². The van der Waals surface area contributed by atoms with E-state index in [1.54, 1.807) is 6.07 Å². The molecule has 2 rings (SSSR count). The van der Waals surface area contributed by atoms with Crippen molar-refractivity contribution in [2.24, 2.45) is 0 Å². The second-order valence-electron chi connectivity index (χ2n) is 7.04. The molecule has 0 aliphatic heterocycles. The van der Waals surface area contributed by atoms with Crippen LogP contribution in [0.1, 0.15) is 46.1 Å². The molecule has 0 amide bonds. The molecule has 0 bridgehead atoms. The molecule has 6 nitrogen and oxygen atoms in total. The highest BCUT2D eigenvalue weighted by Gasteiger charge is 2.17. The maximum absolute atomic E-state index is 11.9. The molecule has 26 heavy (non-hydrogen) atoms. The van der Waals surface area contributed by atoms with Crippen LogP contribution < -0.4 is 4.74 Å². The van der Waals surface area contributed by atoms with Gasteiger partial charge >= 0.3 is 11.9 Å². The van der Waals surface area contributed by atoms with Gasteiger partial charge < -0.3 is 14.8 Å². The van der Waals surface area contributed by atoms with Crippen LogP contribution in [0.4, 0.5) is 0 Å². The van der Waals surface area contributed by atoms with Crippen molar-refractivity contribution in [3.05, 3.63) is 30.0 Å². The van der Waals surface area contributed by atoms with Crippen LogP contribution in [0.25, 0.3) is 10.9 Å². The number of fused-ring (bicyclic) bond motifs is 1. The zero-order valence-corrected chi connectivity index (χ0v) is 15.9. The van der Waals surface area contributed by atoms with Crippen molar-refractivity contribution in [3.63, 3.8) is 0 Å².